The molecule has 0 radical (unpaired) electrons. The number of nitrogens with zero attached hydrogens (tertiary/aromatic N) is 5. The molecule has 1 aliphatic carbocycles. The number of carbonyl (C=O) groups excluding carboxylic acids is 1. The lowest BCUT2D eigenvalue weighted by atomic mass is 10.1. The first-order valence-electron chi connectivity index (χ1n) is 9.63. The van der Waals surface area contributed by atoms with Crippen LogP contribution in [0.5, 0.6) is 0 Å². The Bertz CT molecular complexity index is 811. The van der Waals surface area contributed by atoms with E-state index in [1.165, 1.54) is 12.8 Å². The molecule has 26 heavy (non-hydrogen) atoms. The number of ether oxygens (including phenoxy) is 1. The fraction of sp³-hybridized carbons (Fsp3) is 0.667. The minimum atomic E-state index is 0.0270. The van der Waals surface area contributed by atoms with Crippen LogP contribution in [0.1, 0.15) is 43.8 Å². The van der Waals surface area contributed by atoms with Crippen LogP contribution in [0.25, 0.3) is 5.65 Å². The Morgan fingerprint density at radius 2 is 1.96 bits per heavy atom. The van der Waals surface area contributed by atoms with E-state index in [-0.39, 0.29) is 17.9 Å². The van der Waals surface area contributed by atoms with Gasteiger partial charge in [0, 0.05) is 38.3 Å². The molecule has 4 heterocycles. The zero-order chi connectivity index (χ0) is 17.5. The van der Waals surface area contributed by atoms with Gasteiger partial charge in [0.25, 0.3) is 0 Å². The molecule has 1 atom stereocenters. The number of anilines is 1. The Balaban J connectivity index is 1.27. The molecular formula is C18H24N6O2. The van der Waals surface area contributed by atoms with Crippen molar-refractivity contribution in [3.63, 3.8) is 0 Å². The molecule has 8 heteroatoms. The van der Waals surface area contributed by atoms with Crippen molar-refractivity contribution in [2.45, 2.75) is 44.1 Å². The summed E-state index contributed by atoms with van der Waals surface area (Å²) in [6, 6.07) is 4.22. The molecule has 1 N–H and O–H groups in total. The predicted octanol–water partition coefficient (Wildman–Crippen LogP) is 1.12. The van der Waals surface area contributed by atoms with Gasteiger partial charge in [-0.3, -0.25) is 4.79 Å². The Morgan fingerprint density at radius 3 is 2.77 bits per heavy atom. The number of nitrogens with one attached hydrogen (secondary N) is 1. The molecule has 1 saturated carbocycles. The fourth-order valence-electron chi connectivity index (χ4n) is 3.90. The van der Waals surface area contributed by atoms with Crippen LogP contribution in [0.15, 0.2) is 12.1 Å². The summed E-state index contributed by atoms with van der Waals surface area (Å²) in [7, 11) is 0. The molecular weight excluding hydrogens is 332 g/mol. The van der Waals surface area contributed by atoms with Gasteiger partial charge in [-0.05, 0) is 44.2 Å². The van der Waals surface area contributed by atoms with E-state index in [9.17, 15) is 4.79 Å². The topological polar surface area (TPSA) is 84.6 Å². The van der Waals surface area contributed by atoms with Gasteiger partial charge < -0.3 is 15.0 Å². The van der Waals surface area contributed by atoms with E-state index in [0.717, 1.165) is 56.3 Å². The van der Waals surface area contributed by atoms with Crippen LogP contribution in [0, 0.1) is 5.92 Å². The molecule has 3 aliphatic rings. The molecule has 0 bridgehead atoms. The molecule has 2 aromatic heterocycles. The number of rotatable bonds is 4. The largest absolute Gasteiger partial charge is 0.381 e. The highest BCUT2D eigenvalue weighted by Crippen LogP contribution is 2.38. The zero-order valence-corrected chi connectivity index (χ0v) is 14.8. The summed E-state index contributed by atoms with van der Waals surface area (Å²) in [5.41, 5.74) is 0.795. The predicted molar refractivity (Wildman–Crippen MR) is 95.1 cm³/mol. The van der Waals surface area contributed by atoms with E-state index < -0.39 is 0 Å². The SMILES string of the molecule is O=C(NC1CCOCC1)C1CCN(c2ccc3nnc(C4CC4)n3n2)C1. The molecule has 0 aromatic carbocycles. The van der Waals surface area contributed by atoms with E-state index in [1.54, 1.807) is 0 Å². The smallest absolute Gasteiger partial charge is 0.225 e. The average Bonchev–Trinajstić information content (AvgIpc) is 3.23. The molecule has 0 spiro atoms. The van der Waals surface area contributed by atoms with E-state index in [0.29, 0.717) is 12.5 Å². The van der Waals surface area contributed by atoms with Crippen molar-refractivity contribution in [2.75, 3.05) is 31.2 Å². The first kappa shape index (κ1) is 16.0. The van der Waals surface area contributed by atoms with Gasteiger partial charge in [-0.15, -0.1) is 15.3 Å². The maximum Gasteiger partial charge on any atom is 0.225 e. The maximum absolute atomic E-state index is 12.6. The van der Waals surface area contributed by atoms with E-state index in [2.05, 4.69) is 20.4 Å². The third-order valence-electron chi connectivity index (χ3n) is 5.67. The summed E-state index contributed by atoms with van der Waals surface area (Å²) in [6.07, 6.45) is 5.04. The highest BCUT2D eigenvalue weighted by molar-refractivity contribution is 5.80. The Hall–Kier alpha value is -2.22. The fourth-order valence-corrected chi connectivity index (χ4v) is 3.90. The monoisotopic (exact) mass is 356 g/mol. The minimum absolute atomic E-state index is 0.0270. The third-order valence-corrected chi connectivity index (χ3v) is 5.67. The Labute approximate surface area is 151 Å². The number of aromatic nitrogens is 4. The molecule has 1 unspecified atom stereocenters. The van der Waals surface area contributed by atoms with Gasteiger partial charge >= 0.3 is 0 Å². The lowest BCUT2D eigenvalue weighted by Gasteiger charge is -2.24. The Kier molecular flexibility index (Phi) is 4.00. The van der Waals surface area contributed by atoms with Crippen molar-refractivity contribution < 1.29 is 9.53 Å². The lowest BCUT2D eigenvalue weighted by Crippen LogP contribution is -2.42. The van der Waals surface area contributed by atoms with Crippen LogP contribution in [-0.2, 0) is 9.53 Å². The molecule has 2 aromatic rings. The molecule has 5 rings (SSSR count). The van der Waals surface area contributed by atoms with Gasteiger partial charge in [0.05, 0.1) is 5.92 Å². The number of hydrogen-bond donors (Lipinski definition) is 1. The van der Waals surface area contributed by atoms with Crippen LogP contribution < -0.4 is 10.2 Å². The van der Waals surface area contributed by atoms with Crippen molar-refractivity contribution in [3.8, 4) is 0 Å². The molecule has 8 nitrogen and oxygen atoms in total. The summed E-state index contributed by atoms with van der Waals surface area (Å²) < 4.78 is 7.24. The van der Waals surface area contributed by atoms with Crippen molar-refractivity contribution in [3.05, 3.63) is 18.0 Å². The van der Waals surface area contributed by atoms with E-state index in [1.807, 2.05) is 16.6 Å². The zero-order valence-electron chi connectivity index (χ0n) is 14.8. The summed E-state index contributed by atoms with van der Waals surface area (Å²) in [6.45, 7) is 3.06. The van der Waals surface area contributed by atoms with Gasteiger partial charge in [-0.2, -0.15) is 4.52 Å². The van der Waals surface area contributed by atoms with Crippen molar-refractivity contribution in [2.24, 2.45) is 5.92 Å². The van der Waals surface area contributed by atoms with Gasteiger partial charge in [-0.1, -0.05) is 0 Å². The summed E-state index contributed by atoms with van der Waals surface area (Å²) >= 11 is 0. The second-order valence-electron chi connectivity index (χ2n) is 7.62. The number of carbonyl (C=O) groups is 1. The molecule has 2 aliphatic heterocycles. The average molecular weight is 356 g/mol. The highest BCUT2D eigenvalue weighted by Gasteiger charge is 2.32. The van der Waals surface area contributed by atoms with Gasteiger partial charge in [0.1, 0.15) is 5.82 Å². The molecule has 2 saturated heterocycles. The summed E-state index contributed by atoms with van der Waals surface area (Å²) in [4.78, 5) is 14.8. The van der Waals surface area contributed by atoms with Gasteiger partial charge in [-0.25, -0.2) is 0 Å². The molecule has 3 fully saturated rings. The Morgan fingerprint density at radius 1 is 1.12 bits per heavy atom. The van der Waals surface area contributed by atoms with Crippen LogP contribution in [0.3, 0.4) is 0 Å². The van der Waals surface area contributed by atoms with Crippen molar-refractivity contribution in [1.82, 2.24) is 25.1 Å². The van der Waals surface area contributed by atoms with Crippen molar-refractivity contribution >= 4 is 17.4 Å². The minimum Gasteiger partial charge on any atom is -0.381 e. The van der Waals surface area contributed by atoms with Crippen LogP contribution in [0.4, 0.5) is 5.82 Å². The second kappa shape index (κ2) is 6.50. The first-order chi connectivity index (χ1) is 12.8. The van der Waals surface area contributed by atoms with Crippen LogP contribution in [-0.4, -0.2) is 58.1 Å². The van der Waals surface area contributed by atoms with Crippen molar-refractivity contribution in [1.29, 1.82) is 0 Å². The highest BCUT2D eigenvalue weighted by atomic mass is 16.5. The van der Waals surface area contributed by atoms with Gasteiger partial charge in [0.15, 0.2) is 11.5 Å². The van der Waals surface area contributed by atoms with Gasteiger partial charge in [0.2, 0.25) is 5.91 Å². The molecule has 138 valence electrons. The maximum atomic E-state index is 12.6. The summed E-state index contributed by atoms with van der Waals surface area (Å²) in [5, 5.41) is 16.5. The van der Waals surface area contributed by atoms with E-state index in [4.69, 9.17) is 9.84 Å². The normalized spacial score (nSPS) is 24.3. The van der Waals surface area contributed by atoms with E-state index >= 15 is 0 Å². The lowest BCUT2D eigenvalue weighted by molar-refractivity contribution is -0.125. The third kappa shape index (κ3) is 3.02. The van der Waals surface area contributed by atoms with Crippen LogP contribution >= 0.6 is 0 Å². The quantitative estimate of drug-likeness (QED) is 0.884. The standard InChI is InChI=1S/C18H24N6O2/c25-18(19-14-6-9-26-10-7-14)13-5-8-23(11-13)16-4-3-15-20-21-17(12-1-2-12)24(15)22-16/h3-4,12-14H,1-2,5-11H2,(H,19,25). The number of fused-ring (bicyclic) bond motifs is 1. The number of hydrogen-bond acceptors (Lipinski definition) is 6. The van der Waals surface area contributed by atoms with Crippen LogP contribution in [0.2, 0.25) is 0 Å². The first-order valence-corrected chi connectivity index (χ1v) is 9.63. The molecule has 1 amide bonds. The number of amides is 1. The summed E-state index contributed by atoms with van der Waals surface area (Å²) in [5.74, 6) is 2.57. The second-order valence-corrected chi connectivity index (χ2v) is 7.62.